The van der Waals surface area contributed by atoms with Crippen molar-refractivity contribution >= 4 is 5.69 Å². The van der Waals surface area contributed by atoms with Crippen LogP contribution in [0.15, 0.2) is 18.2 Å². The molecule has 1 aromatic carbocycles. The van der Waals surface area contributed by atoms with Gasteiger partial charge in [-0.15, -0.1) is 0 Å². The minimum atomic E-state index is -0.329. The van der Waals surface area contributed by atoms with Crippen LogP contribution in [0.2, 0.25) is 0 Å². The van der Waals surface area contributed by atoms with Gasteiger partial charge in [0.15, 0.2) is 0 Å². The lowest BCUT2D eigenvalue weighted by molar-refractivity contribution is 0.203. The van der Waals surface area contributed by atoms with Crippen LogP contribution in [0, 0.1) is 5.82 Å². The maximum Gasteiger partial charge on any atom is 0.130 e. The zero-order valence-electron chi connectivity index (χ0n) is 11.6. The van der Waals surface area contributed by atoms with Crippen LogP contribution < -0.4 is 10.6 Å². The third kappa shape index (κ3) is 3.43. The Bertz CT molecular complexity index is 380. The Morgan fingerprint density at radius 2 is 2.00 bits per heavy atom. The van der Waals surface area contributed by atoms with Crippen LogP contribution in [0.3, 0.4) is 0 Å². The molecule has 0 aliphatic heterocycles. The molecule has 4 heteroatoms. The summed E-state index contributed by atoms with van der Waals surface area (Å²) >= 11 is 0. The van der Waals surface area contributed by atoms with Crippen LogP contribution in [-0.4, -0.2) is 26.3 Å². The van der Waals surface area contributed by atoms with E-state index in [-0.39, 0.29) is 17.9 Å². The average Bonchev–Trinajstić information content (AvgIpc) is 2.28. The second kappa shape index (κ2) is 6.71. The topological polar surface area (TPSA) is 38.5 Å². The van der Waals surface area contributed by atoms with E-state index in [1.165, 1.54) is 6.07 Å². The molecule has 0 saturated carbocycles. The average molecular weight is 254 g/mol. The highest BCUT2D eigenvalue weighted by atomic mass is 19.1. The molecule has 3 nitrogen and oxygen atoms in total. The van der Waals surface area contributed by atoms with Crippen molar-refractivity contribution in [1.29, 1.82) is 0 Å². The number of anilines is 1. The van der Waals surface area contributed by atoms with Gasteiger partial charge in [-0.1, -0.05) is 6.07 Å². The number of halogens is 1. The van der Waals surface area contributed by atoms with E-state index in [4.69, 9.17) is 10.5 Å². The van der Waals surface area contributed by atoms with Crippen molar-refractivity contribution in [2.45, 2.75) is 32.9 Å². The summed E-state index contributed by atoms with van der Waals surface area (Å²) in [5, 5.41) is 0. The molecule has 0 radical (unpaired) electrons. The molecule has 0 saturated heterocycles. The highest BCUT2D eigenvalue weighted by Gasteiger charge is 2.19. The van der Waals surface area contributed by atoms with Crippen LogP contribution in [0.25, 0.3) is 0 Å². The smallest absolute Gasteiger partial charge is 0.130 e. The number of hydrogen-bond donors (Lipinski definition) is 1. The summed E-state index contributed by atoms with van der Waals surface area (Å²) in [6.45, 7) is 7.28. The zero-order valence-corrected chi connectivity index (χ0v) is 11.6. The summed E-state index contributed by atoms with van der Waals surface area (Å²) in [5.41, 5.74) is 7.31. The van der Waals surface area contributed by atoms with Gasteiger partial charge in [0.2, 0.25) is 0 Å². The fourth-order valence-electron chi connectivity index (χ4n) is 2.07. The molecule has 102 valence electrons. The van der Waals surface area contributed by atoms with E-state index in [9.17, 15) is 4.39 Å². The largest absolute Gasteiger partial charge is 0.383 e. The molecule has 0 fully saturated rings. The monoisotopic (exact) mass is 254 g/mol. The van der Waals surface area contributed by atoms with E-state index in [0.29, 0.717) is 12.2 Å². The predicted molar refractivity (Wildman–Crippen MR) is 73.4 cm³/mol. The number of benzene rings is 1. The quantitative estimate of drug-likeness (QED) is 0.848. The summed E-state index contributed by atoms with van der Waals surface area (Å²) in [6.07, 6.45) is 0. The van der Waals surface area contributed by atoms with E-state index in [0.717, 1.165) is 12.2 Å². The van der Waals surface area contributed by atoms with Crippen molar-refractivity contribution in [2.24, 2.45) is 5.73 Å². The number of nitrogens with two attached hydrogens (primary N) is 1. The summed E-state index contributed by atoms with van der Waals surface area (Å²) < 4.78 is 19.0. The first-order chi connectivity index (χ1) is 8.49. The van der Waals surface area contributed by atoms with Crippen molar-refractivity contribution in [3.05, 3.63) is 29.6 Å². The minimum absolute atomic E-state index is 0.245. The first-order valence-corrected chi connectivity index (χ1v) is 6.28. The first kappa shape index (κ1) is 14.9. The molecule has 0 heterocycles. The molecule has 1 rings (SSSR count). The minimum Gasteiger partial charge on any atom is -0.383 e. The summed E-state index contributed by atoms with van der Waals surface area (Å²) in [6, 6.07) is 5.03. The molecule has 1 atom stereocenters. The van der Waals surface area contributed by atoms with Crippen molar-refractivity contribution in [3.8, 4) is 0 Å². The molecule has 1 aromatic rings. The molecular formula is C14H23FN2O. The lowest BCUT2D eigenvalue weighted by Gasteiger charge is -2.31. The SMILES string of the molecule is COCCN(c1cccc(F)c1[C@H](C)N)C(C)C. The van der Waals surface area contributed by atoms with E-state index in [1.807, 2.05) is 6.07 Å². The Balaban J connectivity index is 3.14. The number of nitrogens with zero attached hydrogens (tertiary/aromatic N) is 1. The van der Waals surface area contributed by atoms with Crippen LogP contribution in [0.5, 0.6) is 0 Å². The highest BCUT2D eigenvalue weighted by molar-refractivity contribution is 5.56. The van der Waals surface area contributed by atoms with Gasteiger partial charge in [0, 0.05) is 37.0 Å². The van der Waals surface area contributed by atoms with Gasteiger partial charge in [0.05, 0.1) is 6.61 Å². The maximum absolute atomic E-state index is 13.9. The van der Waals surface area contributed by atoms with Gasteiger partial charge in [0.25, 0.3) is 0 Å². The molecule has 0 amide bonds. The standard InChI is InChI=1S/C14H23FN2O/c1-10(2)17(8-9-18-4)13-7-5-6-12(15)14(13)11(3)16/h5-7,10-11H,8-9,16H2,1-4H3/t11-/m0/s1. The van der Waals surface area contributed by atoms with Crippen LogP contribution >= 0.6 is 0 Å². The third-order valence-electron chi connectivity index (χ3n) is 2.95. The molecule has 0 aromatic heterocycles. The fourth-order valence-corrected chi connectivity index (χ4v) is 2.07. The Labute approximate surface area is 109 Å². The van der Waals surface area contributed by atoms with Gasteiger partial charge < -0.3 is 15.4 Å². The van der Waals surface area contributed by atoms with E-state index >= 15 is 0 Å². The molecule has 2 N–H and O–H groups in total. The van der Waals surface area contributed by atoms with Gasteiger partial charge in [-0.2, -0.15) is 0 Å². The Morgan fingerprint density at radius 3 is 2.50 bits per heavy atom. The lowest BCUT2D eigenvalue weighted by atomic mass is 10.0. The fraction of sp³-hybridized carbons (Fsp3) is 0.571. The molecule has 0 unspecified atom stereocenters. The predicted octanol–water partition coefficient (Wildman–Crippen LogP) is 2.71. The molecule has 0 spiro atoms. The third-order valence-corrected chi connectivity index (χ3v) is 2.95. The maximum atomic E-state index is 13.9. The van der Waals surface area contributed by atoms with E-state index in [2.05, 4.69) is 18.7 Å². The van der Waals surface area contributed by atoms with Crippen molar-refractivity contribution in [2.75, 3.05) is 25.2 Å². The van der Waals surface area contributed by atoms with Gasteiger partial charge in [-0.3, -0.25) is 0 Å². The van der Waals surface area contributed by atoms with E-state index in [1.54, 1.807) is 20.1 Å². The highest BCUT2D eigenvalue weighted by Crippen LogP contribution is 2.29. The number of rotatable bonds is 6. The van der Waals surface area contributed by atoms with Crippen LogP contribution in [0.1, 0.15) is 32.4 Å². The lowest BCUT2D eigenvalue weighted by Crippen LogP contribution is -2.35. The molecule has 18 heavy (non-hydrogen) atoms. The van der Waals surface area contributed by atoms with Crippen LogP contribution in [0.4, 0.5) is 10.1 Å². The van der Waals surface area contributed by atoms with Crippen molar-refractivity contribution in [3.63, 3.8) is 0 Å². The normalized spacial score (nSPS) is 12.8. The Kier molecular flexibility index (Phi) is 5.56. The molecular weight excluding hydrogens is 231 g/mol. The summed E-state index contributed by atoms with van der Waals surface area (Å²) in [4.78, 5) is 2.12. The molecule has 0 aliphatic carbocycles. The summed E-state index contributed by atoms with van der Waals surface area (Å²) in [7, 11) is 1.66. The van der Waals surface area contributed by atoms with Crippen LogP contribution in [-0.2, 0) is 4.74 Å². The second-order valence-electron chi connectivity index (χ2n) is 4.74. The zero-order chi connectivity index (χ0) is 13.7. The Morgan fingerprint density at radius 1 is 1.33 bits per heavy atom. The molecule has 0 aliphatic rings. The second-order valence-corrected chi connectivity index (χ2v) is 4.74. The van der Waals surface area contributed by atoms with Gasteiger partial charge in [-0.05, 0) is 32.9 Å². The van der Waals surface area contributed by atoms with E-state index < -0.39 is 0 Å². The molecule has 0 bridgehead atoms. The van der Waals surface area contributed by atoms with Gasteiger partial charge in [-0.25, -0.2) is 4.39 Å². The van der Waals surface area contributed by atoms with Crippen molar-refractivity contribution in [1.82, 2.24) is 0 Å². The van der Waals surface area contributed by atoms with Gasteiger partial charge in [0.1, 0.15) is 5.82 Å². The number of ether oxygens (including phenoxy) is 1. The number of hydrogen-bond acceptors (Lipinski definition) is 3. The van der Waals surface area contributed by atoms with Gasteiger partial charge >= 0.3 is 0 Å². The number of methoxy groups -OCH3 is 1. The summed E-state index contributed by atoms with van der Waals surface area (Å²) in [5.74, 6) is -0.245. The first-order valence-electron chi connectivity index (χ1n) is 6.28. The Hall–Kier alpha value is -1.13. The van der Waals surface area contributed by atoms with Crippen molar-refractivity contribution < 1.29 is 9.13 Å².